The van der Waals surface area contributed by atoms with Gasteiger partial charge in [-0.2, -0.15) is 0 Å². The maximum atomic E-state index is 10.2. The van der Waals surface area contributed by atoms with Gasteiger partial charge in [-0.05, 0) is 38.8 Å². The molecule has 2 aromatic rings. The molecule has 3 nitrogen and oxygen atoms in total. The van der Waals surface area contributed by atoms with E-state index in [9.17, 15) is 5.11 Å². The highest BCUT2D eigenvalue weighted by molar-refractivity contribution is 5.81. The molecule has 0 spiro atoms. The number of hydrogen-bond acceptors (Lipinski definition) is 3. The van der Waals surface area contributed by atoms with Gasteiger partial charge in [-0.15, -0.1) is 0 Å². The molecule has 104 valence electrons. The van der Waals surface area contributed by atoms with Crippen molar-refractivity contribution in [3.05, 3.63) is 35.6 Å². The summed E-state index contributed by atoms with van der Waals surface area (Å²) in [6.45, 7) is 8.83. The predicted octanol–water partition coefficient (Wildman–Crippen LogP) is 3.42. The number of aliphatic hydroxyl groups is 1. The first-order valence-electron chi connectivity index (χ1n) is 6.85. The first kappa shape index (κ1) is 14.1. The Labute approximate surface area is 114 Å². The number of fused-ring (bicyclic) bond motifs is 1. The molecule has 0 saturated heterocycles. The Kier molecular flexibility index (Phi) is 3.97. The van der Waals surface area contributed by atoms with Crippen LogP contribution < -0.4 is 5.32 Å². The molecule has 2 N–H and O–H groups in total. The van der Waals surface area contributed by atoms with E-state index in [1.165, 1.54) is 5.56 Å². The van der Waals surface area contributed by atoms with Crippen molar-refractivity contribution in [2.45, 2.75) is 45.8 Å². The van der Waals surface area contributed by atoms with E-state index in [0.29, 0.717) is 12.3 Å². The van der Waals surface area contributed by atoms with Gasteiger partial charge in [-0.1, -0.05) is 25.1 Å². The monoisotopic (exact) mass is 261 g/mol. The summed E-state index contributed by atoms with van der Waals surface area (Å²) >= 11 is 0. The Morgan fingerprint density at radius 2 is 2.05 bits per heavy atom. The minimum Gasteiger partial charge on any atom is -0.458 e. The first-order chi connectivity index (χ1) is 8.90. The molecule has 0 aliphatic carbocycles. The quantitative estimate of drug-likeness (QED) is 0.886. The fraction of sp³-hybridized carbons (Fsp3) is 0.500. The minimum absolute atomic E-state index is 0.0123. The summed E-state index contributed by atoms with van der Waals surface area (Å²) in [7, 11) is 0. The number of aryl methyl sites for hydroxylation is 1. The molecule has 0 saturated carbocycles. The molecule has 1 aromatic carbocycles. The number of rotatable bonds is 4. The van der Waals surface area contributed by atoms with Crippen LogP contribution in [0.5, 0.6) is 0 Å². The topological polar surface area (TPSA) is 45.4 Å². The maximum Gasteiger partial charge on any atom is 0.137 e. The number of furan rings is 1. The Balaban J connectivity index is 2.21. The van der Waals surface area contributed by atoms with Crippen molar-refractivity contribution in [2.24, 2.45) is 0 Å². The molecule has 0 aliphatic heterocycles. The molecule has 0 unspecified atom stereocenters. The van der Waals surface area contributed by atoms with E-state index in [-0.39, 0.29) is 5.54 Å². The fourth-order valence-electron chi connectivity index (χ4n) is 2.09. The van der Waals surface area contributed by atoms with Crippen molar-refractivity contribution in [3.8, 4) is 0 Å². The van der Waals surface area contributed by atoms with E-state index in [1.54, 1.807) is 0 Å². The minimum atomic E-state index is -0.615. The second-order valence-electron chi connectivity index (χ2n) is 5.98. The second-order valence-corrected chi connectivity index (χ2v) is 5.98. The molecule has 1 atom stereocenters. The maximum absolute atomic E-state index is 10.2. The normalized spacial score (nSPS) is 13.9. The third-order valence-electron chi connectivity index (χ3n) is 3.18. The van der Waals surface area contributed by atoms with Crippen LogP contribution >= 0.6 is 0 Å². The van der Waals surface area contributed by atoms with Gasteiger partial charge in [0.2, 0.25) is 0 Å². The van der Waals surface area contributed by atoms with Gasteiger partial charge in [0.1, 0.15) is 17.4 Å². The van der Waals surface area contributed by atoms with E-state index in [0.717, 1.165) is 17.4 Å². The number of para-hydroxylation sites is 1. The molecular weight excluding hydrogens is 238 g/mol. The van der Waals surface area contributed by atoms with Crippen LogP contribution in [0.2, 0.25) is 0 Å². The van der Waals surface area contributed by atoms with Gasteiger partial charge in [-0.3, -0.25) is 0 Å². The molecule has 0 bridgehead atoms. The van der Waals surface area contributed by atoms with Crippen molar-refractivity contribution in [1.29, 1.82) is 0 Å². The summed E-state index contributed by atoms with van der Waals surface area (Å²) in [6, 6.07) is 8.05. The van der Waals surface area contributed by atoms with Gasteiger partial charge >= 0.3 is 0 Å². The number of aliphatic hydroxyl groups excluding tert-OH is 1. The van der Waals surface area contributed by atoms with Crippen molar-refractivity contribution < 1.29 is 9.52 Å². The van der Waals surface area contributed by atoms with Crippen molar-refractivity contribution in [1.82, 2.24) is 5.32 Å². The lowest BCUT2D eigenvalue weighted by Crippen LogP contribution is -2.38. The summed E-state index contributed by atoms with van der Waals surface area (Å²) in [4.78, 5) is 0. The van der Waals surface area contributed by atoms with Crippen LogP contribution in [0.4, 0.5) is 0 Å². The largest absolute Gasteiger partial charge is 0.458 e. The predicted molar refractivity (Wildman–Crippen MR) is 78.3 cm³/mol. The molecule has 0 aliphatic rings. The molecule has 0 fully saturated rings. The van der Waals surface area contributed by atoms with Crippen LogP contribution in [-0.4, -0.2) is 17.2 Å². The van der Waals surface area contributed by atoms with Crippen LogP contribution in [-0.2, 0) is 6.42 Å². The van der Waals surface area contributed by atoms with Gasteiger partial charge in [0.25, 0.3) is 0 Å². The molecular formula is C16H23NO2. The molecule has 0 amide bonds. The van der Waals surface area contributed by atoms with Gasteiger partial charge < -0.3 is 14.8 Å². The number of hydrogen-bond donors (Lipinski definition) is 2. The fourth-order valence-corrected chi connectivity index (χ4v) is 2.09. The van der Waals surface area contributed by atoms with Gasteiger partial charge in [0.15, 0.2) is 0 Å². The van der Waals surface area contributed by atoms with E-state index >= 15 is 0 Å². The third kappa shape index (κ3) is 3.37. The highest BCUT2D eigenvalue weighted by Crippen LogP contribution is 2.27. The molecule has 19 heavy (non-hydrogen) atoms. The van der Waals surface area contributed by atoms with Gasteiger partial charge in [0.05, 0.1) is 0 Å². The average molecular weight is 261 g/mol. The summed E-state index contributed by atoms with van der Waals surface area (Å²) in [5.41, 5.74) is 2.07. The zero-order valence-corrected chi connectivity index (χ0v) is 12.2. The van der Waals surface area contributed by atoms with Crippen LogP contribution in [0.15, 0.2) is 28.7 Å². The van der Waals surface area contributed by atoms with Crippen LogP contribution in [0, 0.1) is 0 Å². The van der Waals surface area contributed by atoms with Gasteiger partial charge in [-0.25, -0.2) is 0 Å². The first-order valence-corrected chi connectivity index (χ1v) is 6.85. The molecule has 3 heteroatoms. The lowest BCUT2D eigenvalue weighted by Gasteiger charge is -2.22. The summed E-state index contributed by atoms with van der Waals surface area (Å²) < 4.78 is 5.83. The SMILES string of the molecule is CCc1cccc2cc([C@H](O)CNC(C)(C)C)oc12. The molecule has 1 heterocycles. The smallest absolute Gasteiger partial charge is 0.137 e. The zero-order chi connectivity index (χ0) is 14.0. The van der Waals surface area contributed by atoms with Crippen molar-refractivity contribution in [3.63, 3.8) is 0 Å². The van der Waals surface area contributed by atoms with Crippen molar-refractivity contribution >= 4 is 11.0 Å². The molecule has 0 radical (unpaired) electrons. The summed E-state index contributed by atoms with van der Waals surface area (Å²) in [5.74, 6) is 0.632. The van der Waals surface area contributed by atoms with E-state index in [4.69, 9.17) is 4.42 Å². The molecule has 1 aromatic heterocycles. The zero-order valence-electron chi connectivity index (χ0n) is 12.2. The highest BCUT2D eigenvalue weighted by atomic mass is 16.4. The standard InChI is InChI=1S/C16H23NO2/c1-5-11-7-6-8-12-9-14(19-15(11)12)13(18)10-17-16(2,3)4/h6-9,13,17-18H,5,10H2,1-4H3/t13-/m1/s1. The number of benzene rings is 1. The van der Waals surface area contributed by atoms with Crippen LogP contribution in [0.1, 0.15) is 45.1 Å². The van der Waals surface area contributed by atoms with E-state index < -0.39 is 6.10 Å². The van der Waals surface area contributed by atoms with E-state index in [2.05, 4.69) is 39.1 Å². The Morgan fingerprint density at radius 1 is 1.32 bits per heavy atom. The Morgan fingerprint density at radius 3 is 2.68 bits per heavy atom. The summed E-state index contributed by atoms with van der Waals surface area (Å²) in [6.07, 6.45) is 0.317. The highest BCUT2D eigenvalue weighted by Gasteiger charge is 2.17. The third-order valence-corrected chi connectivity index (χ3v) is 3.18. The second kappa shape index (κ2) is 5.35. The number of β-amino-alcohol motifs (C(OH)–C–C–N with tert-alkyl or cyclic N) is 1. The Bertz CT molecular complexity index is 551. The average Bonchev–Trinajstić information content (AvgIpc) is 2.78. The van der Waals surface area contributed by atoms with E-state index in [1.807, 2.05) is 18.2 Å². The van der Waals surface area contributed by atoms with Crippen LogP contribution in [0.3, 0.4) is 0 Å². The Hall–Kier alpha value is -1.32. The number of nitrogens with one attached hydrogen (secondary N) is 1. The van der Waals surface area contributed by atoms with Gasteiger partial charge in [0, 0.05) is 17.5 Å². The molecule has 2 rings (SSSR count). The lowest BCUT2D eigenvalue weighted by molar-refractivity contribution is 0.140. The van der Waals surface area contributed by atoms with Crippen LogP contribution in [0.25, 0.3) is 11.0 Å². The summed E-state index contributed by atoms with van der Waals surface area (Å²) in [5, 5.41) is 14.5. The lowest BCUT2D eigenvalue weighted by atomic mass is 10.1. The van der Waals surface area contributed by atoms with Crippen molar-refractivity contribution in [2.75, 3.05) is 6.54 Å².